The van der Waals surface area contributed by atoms with Crippen molar-refractivity contribution in [3.05, 3.63) is 58.6 Å². The summed E-state index contributed by atoms with van der Waals surface area (Å²) >= 11 is 6.07. The number of benzene rings is 2. The highest BCUT2D eigenvalue weighted by molar-refractivity contribution is 6.32. The molecule has 0 aliphatic carbocycles. The number of ether oxygens (including phenoxy) is 2. The Labute approximate surface area is 140 Å². The SMILES string of the molecule is Cc1ccc(Cl)c(OCC(=O)N[C@H]2CCOc3ccccc32)c1. The summed E-state index contributed by atoms with van der Waals surface area (Å²) in [5.74, 6) is 1.17. The lowest BCUT2D eigenvalue weighted by molar-refractivity contribution is -0.124. The van der Waals surface area contributed by atoms with Gasteiger partial charge >= 0.3 is 0 Å². The molecule has 0 bridgehead atoms. The van der Waals surface area contributed by atoms with Gasteiger partial charge in [-0.1, -0.05) is 35.9 Å². The number of para-hydroxylation sites is 1. The maximum absolute atomic E-state index is 12.2. The number of hydrogen-bond acceptors (Lipinski definition) is 3. The normalized spacial score (nSPS) is 16.2. The van der Waals surface area contributed by atoms with E-state index in [2.05, 4.69) is 5.32 Å². The van der Waals surface area contributed by atoms with Gasteiger partial charge in [0.1, 0.15) is 11.5 Å². The van der Waals surface area contributed by atoms with Crippen molar-refractivity contribution in [2.24, 2.45) is 0 Å². The summed E-state index contributed by atoms with van der Waals surface area (Å²) in [6, 6.07) is 13.2. The zero-order chi connectivity index (χ0) is 16.2. The lowest BCUT2D eigenvalue weighted by Gasteiger charge is -2.26. The van der Waals surface area contributed by atoms with Gasteiger partial charge in [0, 0.05) is 12.0 Å². The van der Waals surface area contributed by atoms with Gasteiger partial charge in [0.2, 0.25) is 0 Å². The molecule has 1 heterocycles. The number of rotatable bonds is 4. The van der Waals surface area contributed by atoms with Crippen LogP contribution in [0, 0.1) is 6.92 Å². The Bertz CT molecular complexity index is 717. The molecule has 0 radical (unpaired) electrons. The van der Waals surface area contributed by atoms with Crippen molar-refractivity contribution in [2.75, 3.05) is 13.2 Å². The van der Waals surface area contributed by atoms with E-state index in [0.29, 0.717) is 17.4 Å². The molecule has 1 N–H and O–H groups in total. The summed E-state index contributed by atoms with van der Waals surface area (Å²) in [7, 11) is 0. The van der Waals surface area contributed by atoms with E-state index in [9.17, 15) is 4.79 Å². The van der Waals surface area contributed by atoms with E-state index >= 15 is 0 Å². The second-order valence-electron chi connectivity index (χ2n) is 5.52. The Hall–Kier alpha value is -2.20. The Kier molecular flexibility index (Phi) is 4.72. The summed E-state index contributed by atoms with van der Waals surface area (Å²) in [5, 5.41) is 3.49. The van der Waals surface area contributed by atoms with Crippen LogP contribution in [-0.2, 0) is 4.79 Å². The Morgan fingerprint density at radius 1 is 1.35 bits per heavy atom. The van der Waals surface area contributed by atoms with Gasteiger partial charge in [-0.15, -0.1) is 0 Å². The molecule has 0 unspecified atom stereocenters. The van der Waals surface area contributed by atoms with Gasteiger partial charge in [0.25, 0.3) is 5.91 Å². The molecule has 2 aromatic carbocycles. The molecule has 3 rings (SSSR count). The molecular formula is C18H18ClNO3. The minimum absolute atomic E-state index is 0.0518. The number of carbonyl (C=O) groups excluding carboxylic acids is 1. The zero-order valence-corrected chi connectivity index (χ0v) is 13.6. The maximum atomic E-state index is 12.2. The molecule has 120 valence electrons. The maximum Gasteiger partial charge on any atom is 0.258 e. The highest BCUT2D eigenvalue weighted by Gasteiger charge is 2.22. The predicted molar refractivity (Wildman–Crippen MR) is 89.1 cm³/mol. The van der Waals surface area contributed by atoms with Crippen molar-refractivity contribution >= 4 is 17.5 Å². The van der Waals surface area contributed by atoms with Gasteiger partial charge < -0.3 is 14.8 Å². The number of fused-ring (bicyclic) bond motifs is 1. The van der Waals surface area contributed by atoms with Crippen LogP contribution in [0.3, 0.4) is 0 Å². The average molecular weight is 332 g/mol. The molecule has 5 heteroatoms. The van der Waals surface area contributed by atoms with E-state index < -0.39 is 0 Å². The second-order valence-corrected chi connectivity index (χ2v) is 5.92. The van der Waals surface area contributed by atoms with Gasteiger partial charge in [-0.2, -0.15) is 0 Å². The van der Waals surface area contributed by atoms with Crippen LogP contribution in [-0.4, -0.2) is 19.1 Å². The van der Waals surface area contributed by atoms with Gasteiger partial charge in [-0.05, 0) is 30.7 Å². The van der Waals surface area contributed by atoms with Crippen LogP contribution in [0.5, 0.6) is 11.5 Å². The number of aryl methyl sites for hydroxylation is 1. The highest BCUT2D eigenvalue weighted by atomic mass is 35.5. The van der Waals surface area contributed by atoms with Crippen molar-refractivity contribution in [1.82, 2.24) is 5.32 Å². The largest absolute Gasteiger partial charge is 0.493 e. The average Bonchev–Trinajstić information content (AvgIpc) is 2.56. The summed E-state index contributed by atoms with van der Waals surface area (Å²) in [6.07, 6.45) is 0.744. The van der Waals surface area contributed by atoms with Gasteiger partial charge in [-0.25, -0.2) is 0 Å². The molecule has 1 amide bonds. The summed E-state index contributed by atoms with van der Waals surface area (Å²) in [6.45, 7) is 2.47. The second kappa shape index (κ2) is 6.92. The molecule has 0 saturated heterocycles. The summed E-state index contributed by atoms with van der Waals surface area (Å²) in [4.78, 5) is 12.2. The molecule has 1 aliphatic heterocycles. The monoisotopic (exact) mass is 331 g/mol. The third-order valence-electron chi connectivity index (χ3n) is 3.74. The standard InChI is InChI=1S/C18H18ClNO3/c1-12-6-7-14(19)17(10-12)23-11-18(21)20-15-8-9-22-16-5-3-2-4-13(15)16/h2-7,10,15H,8-9,11H2,1H3,(H,20,21)/t15-/m0/s1. The van der Waals surface area contributed by atoms with E-state index in [4.69, 9.17) is 21.1 Å². The van der Waals surface area contributed by atoms with Crippen LogP contribution >= 0.6 is 11.6 Å². The van der Waals surface area contributed by atoms with E-state index in [1.54, 1.807) is 6.07 Å². The van der Waals surface area contributed by atoms with E-state index in [1.165, 1.54) is 0 Å². The van der Waals surface area contributed by atoms with Gasteiger partial charge in [-0.3, -0.25) is 4.79 Å². The Balaban J connectivity index is 1.61. The molecule has 0 saturated carbocycles. The predicted octanol–water partition coefficient (Wildman–Crippen LogP) is 3.67. The van der Waals surface area contributed by atoms with E-state index in [0.717, 1.165) is 23.3 Å². The molecule has 4 nitrogen and oxygen atoms in total. The molecular weight excluding hydrogens is 314 g/mol. The van der Waals surface area contributed by atoms with Crippen LogP contribution in [0.4, 0.5) is 0 Å². The van der Waals surface area contributed by atoms with Crippen molar-refractivity contribution in [3.63, 3.8) is 0 Å². The molecule has 2 aromatic rings. The first-order valence-corrected chi connectivity index (χ1v) is 7.91. The van der Waals surface area contributed by atoms with Crippen molar-refractivity contribution in [1.29, 1.82) is 0 Å². The lowest BCUT2D eigenvalue weighted by atomic mass is 10.0. The topological polar surface area (TPSA) is 47.6 Å². The Morgan fingerprint density at radius 2 is 2.17 bits per heavy atom. The number of hydrogen-bond donors (Lipinski definition) is 1. The van der Waals surface area contributed by atoms with Crippen LogP contribution in [0.1, 0.15) is 23.6 Å². The fraction of sp³-hybridized carbons (Fsp3) is 0.278. The van der Waals surface area contributed by atoms with Crippen LogP contribution in [0.25, 0.3) is 0 Å². The van der Waals surface area contributed by atoms with E-state index in [-0.39, 0.29) is 18.6 Å². The summed E-state index contributed by atoms with van der Waals surface area (Å²) < 4.78 is 11.1. The fourth-order valence-corrected chi connectivity index (χ4v) is 2.76. The third-order valence-corrected chi connectivity index (χ3v) is 4.05. The molecule has 1 aliphatic rings. The van der Waals surface area contributed by atoms with Gasteiger partial charge in [0.05, 0.1) is 17.7 Å². The zero-order valence-electron chi connectivity index (χ0n) is 12.8. The molecule has 0 fully saturated rings. The lowest BCUT2D eigenvalue weighted by Crippen LogP contribution is -2.35. The number of nitrogens with one attached hydrogen (secondary N) is 1. The third kappa shape index (κ3) is 3.77. The number of carbonyl (C=O) groups is 1. The van der Waals surface area contributed by atoms with Crippen LogP contribution in [0.15, 0.2) is 42.5 Å². The fourth-order valence-electron chi connectivity index (χ4n) is 2.59. The minimum Gasteiger partial charge on any atom is -0.493 e. The number of halogens is 1. The quantitative estimate of drug-likeness (QED) is 0.930. The molecule has 0 aromatic heterocycles. The van der Waals surface area contributed by atoms with Gasteiger partial charge in [0.15, 0.2) is 6.61 Å². The smallest absolute Gasteiger partial charge is 0.258 e. The van der Waals surface area contributed by atoms with Crippen molar-refractivity contribution < 1.29 is 14.3 Å². The Morgan fingerprint density at radius 3 is 3.04 bits per heavy atom. The molecule has 23 heavy (non-hydrogen) atoms. The number of amides is 1. The van der Waals surface area contributed by atoms with E-state index in [1.807, 2.05) is 43.3 Å². The first-order valence-electron chi connectivity index (χ1n) is 7.53. The minimum atomic E-state index is -0.177. The van der Waals surface area contributed by atoms with Crippen LogP contribution in [0.2, 0.25) is 5.02 Å². The summed E-state index contributed by atoms with van der Waals surface area (Å²) in [5.41, 5.74) is 2.03. The molecule has 1 atom stereocenters. The highest BCUT2D eigenvalue weighted by Crippen LogP contribution is 2.31. The first kappa shape index (κ1) is 15.7. The van der Waals surface area contributed by atoms with Crippen LogP contribution < -0.4 is 14.8 Å². The van der Waals surface area contributed by atoms with Crippen molar-refractivity contribution in [3.8, 4) is 11.5 Å². The molecule has 0 spiro atoms. The first-order chi connectivity index (χ1) is 11.1. The van der Waals surface area contributed by atoms with Crippen molar-refractivity contribution in [2.45, 2.75) is 19.4 Å².